The topological polar surface area (TPSA) is 99.1 Å². The number of nitrogens with zero attached hydrogens (tertiary/aromatic N) is 2. The van der Waals surface area contributed by atoms with Crippen LogP contribution in [0.5, 0.6) is 5.75 Å². The van der Waals surface area contributed by atoms with Gasteiger partial charge in [-0.1, -0.05) is 53.5 Å². The number of hydrogen-bond donors (Lipinski definition) is 2. The van der Waals surface area contributed by atoms with E-state index < -0.39 is 22.5 Å². The van der Waals surface area contributed by atoms with E-state index in [0.717, 1.165) is 21.3 Å². The quantitative estimate of drug-likeness (QED) is 0.427. The number of halogens is 2. The summed E-state index contributed by atoms with van der Waals surface area (Å²) in [5.74, 6) is -0.689. The molecule has 2 N–H and O–H groups in total. The van der Waals surface area contributed by atoms with E-state index in [2.05, 4.69) is 10.5 Å². The van der Waals surface area contributed by atoms with Crippen LogP contribution in [0.2, 0.25) is 10.0 Å². The number of carbonyl (C=O) groups is 1. The van der Waals surface area contributed by atoms with Gasteiger partial charge in [0, 0.05) is 15.6 Å². The minimum Gasteiger partial charge on any atom is -0.507 e. The van der Waals surface area contributed by atoms with Crippen molar-refractivity contribution in [3.8, 4) is 5.75 Å². The molecular weight excluding hydrogens is 449 g/mol. The fourth-order valence-electron chi connectivity index (χ4n) is 2.84. The molecule has 3 aromatic rings. The molecule has 156 valence electrons. The van der Waals surface area contributed by atoms with Gasteiger partial charge in [-0.2, -0.15) is 5.10 Å². The Balaban J connectivity index is 1.79. The largest absolute Gasteiger partial charge is 0.507 e. The lowest BCUT2D eigenvalue weighted by atomic mass is 10.0. The summed E-state index contributed by atoms with van der Waals surface area (Å²) in [7, 11) is -3.80. The Kier molecular flexibility index (Phi) is 6.50. The lowest BCUT2D eigenvalue weighted by Crippen LogP contribution is -2.39. The number of nitrogens with one attached hydrogen (secondary N) is 1. The molecule has 0 fully saturated rings. The van der Waals surface area contributed by atoms with E-state index in [1.807, 2.05) is 24.3 Å². The Morgan fingerprint density at radius 1 is 1.13 bits per heavy atom. The zero-order chi connectivity index (χ0) is 21.9. The maximum absolute atomic E-state index is 12.3. The number of rotatable bonds is 6. The number of phenolic OH excluding ortho intramolecular Hbond substituents is 1. The number of hydrazone groups is 1. The van der Waals surface area contributed by atoms with Gasteiger partial charge < -0.3 is 5.11 Å². The van der Waals surface area contributed by atoms with Gasteiger partial charge in [-0.25, -0.2) is 13.8 Å². The highest BCUT2D eigenvalue weighted by atomic mass is 35.5. The first-order chi connectivity index (χ1) is 14.1. The summed E-state index contributed by atoms with van der Waals surface area (Å²) in [5.41, 5.74) is 2.85. The van der Waals surface area contributed by atoms with Gasteiger partial charge in [-0.05, 0) is 35.0 Å². The second-order valence-electron chi connectivity index (χ2n) is 6.41. The van der Waals surface area contributed by atoms with E-state index in [1.165, 1.54) is 30.5 Å². The molecular formula is C20H17Cl2N3O4S. The highest BCUT2D eigenvalue weighted by Crippen LogP contribution is 2.27. The van der Waals surface area contributed by atoms with Crippen LogP contribution >= 0.6 is 23.2 Å². The van der Waals surface area contributed by atoms with E-state index in [-0.39, 0.29) is 21.5 Å². The average Bonchev–Trinajstić information content (AvgIpc) is 2.66. The van der Waals surface area contributed by atoms with Crippen LogP contribution in [0.4, 0.5) is 5.69 Å². The molecule has 30 heavy (non-hydrogen) atoms. The van der Waals surface area contributed by atoms with E-state index in [0.29, 0.717) is 5.56 Å². The van der Waals surface area contributed by atoms with Gasteiger partial charge in [0.25, 0.3) is 5.91 Å². The van der Waals surface area contributed by atoms with Crippen LogP contribution in [0, 0.1) is 0 Å². The number of fused-ring (bicyclic) bond motifs is 1. The highest BCUT2D eigenvalue weighted by Gasteiger charge is 2.21. The fraction of sp³-hybridized carbons (Fsp3) is 0.100. The molecule has 3 rings (SSSR count). The van der Waals surface area contributed by atoms with Gasteiger partial charge in [-0.3, -0.25) is 9.10 Å². The third-order valence-corrected chi connectivity index (χ3v) is 5.73. The Morgan fingerprint density at radius 3 is 2.47 bits per heavy atom. The fourth-order valence-corrected chi connectivity index (χ4v) is 4.19. The number of aromatic hydroxyl groups is 1. The smallest absolute Gasteiger partial charge is 0.260 e. The number of phenols is 1. The van der Waals surface area contributed by atoms with Crippen molar-refractivity contribution in [3.63, 3.8) is 0 Å². The first kappa shape index (κ1) is 21.9. The van der Waals surface area contributed by atoms with Crippen LogP contribution in [0.3, 0.4) is 0 Å². The number of benzene rings is 3. The van der Waals surface area contributed by atoms with Crippen molar-refractivity contribution in [1.29, 1.82) is 0 Å². The third kappa shape index (κ3) is 5.21. The van der Waals surface area contributed by atoms with Crippen LogP contribution in [0.25, 0.3) is 10.8 Å². The standard InChI is InChI=1S/C20H17Cl2N3O4S/c1-30(28,29)25(16-9-14(21)8-15(22)10-16)12-20(27)24-23-11-18-17-5-3-2-4-13(17)6-7-19(18)26/h2-11,26H,12H2,1H3,(H,24,27)/b23-11-. The molecule has 10 heteroatoms. The average molecular weight is 466 g/mol. The summed E-state index contributed by atoms with van der Waals surface area (Å²) in [5, 5.41) is 16.1. The predicted molar refractivity (Wildman–Crippen MR) is 120 cm³/mol. The van der Waals surface area contributed by atoms with Gasteiger partial charge in [0.05, 0.1) is 18.2 Å². The van der Waals surface area contributed by atoms with Gasteiger partial charge >= 0.3 is 0 Å². The van der Waals surface area contributed by atoms with Crippen molar-refractivity contribution < 1.29 is 18.3 Å². The zero-order valence-electron chi connectivity index (χ0n) is 15.7. The lowest BCUT2D eigenvalue weighted by Gasteiger charge is -2.21. The molecule has 1 amide bonds. The molecule has 0 spiro atoms. The highest BCUT2D eigenvalue weighted by molar-refractivity contribution is 7.92. The Hall–Kier alpha value is -2.81. The van der Waals surface area contributed by atoms with Crippen molar-refractivity contribution in [2.45, 2.75) is 0 Å². The maximum Gasteiger partial charge on any atom is 0.260 e. The molecule has 0 aliphatic carbocycles. The van der Waals surface area contributed by atoms with Crippen molar-refractivity contribution in [3.05, 3.63) is 70.2 Å². The Morgan fingerprint density at radius 2 is 1.80 bits per heavy atom. The van der Waals surface area contributed by atoms with Crippen LogP contribution in [-0.4, -0.2) is 38.4 Å². The van der Waals surface area contributed by atoms with Crippen molar-refractivity contribution >= 4 is 61.8 Å². The zero-order valence-corrected chi connectivity index (χ0v) is 18.0. The lowest BCUT2D eigenvalue weighted by molar-refractivity contribution is -0.119. The molecule has 0 unspecified atom stereocenters. The summed E-state index contributed by atoms with van der Waals surface area (Å²) in [6.07, 6.45) is 2.27. The van der Waals surface area contributed by atoms with E-state index >= 15 is 0 Å². The summed E-state index contributed by atoms with van der Waals surface area (Å²) in [6, 6.07) is 14.9. The summed E-state index contributed by atoms with van der Waals surface area (Å²) in [6.45, 7) is -0.533. The van der Waals surface area contributed by atoms with Crippen LogP contribution in [0.15, 0.2) is 59.7 Å². The molecule has 7 nitrogen and oxygen atoms in total. The molecule has 0 bridgehead atoms. The monoisotopic (exact) mass is 465 g/mol. The maximum atomic E-state index is 12.3. The molecule has 0 saturated heterocycles. The molecule has 0 heterocycles. The normalized spacial score (nSPS) is 11.7. The van der Waals surface area contributed by atoms with Crippen LogP contribution in [0.1, 0.15) is 5.56 Å². The molecule has 0 aliphatic heterocycles. The number of amides is 1. The first-order valence-electron chi connectivity index (χ1n) is 8.61. The molecule has 0 radical (unpaired) electrons. The predicted octanol–water partition coefficient (Wildman–Crippen LogP) is 3.77. The molecule has 0 aromatic heterocycles. The van der Waals surface area contributed by atoms with Crippen molar-refractivity contribution in [2.75, 3.05) is 17.1 Å². The first-order valence-corrected chi connectivity index (χ1v) is 11.2. The van der Waals surface area contributed by atoms with E-state index in [9.17, 15) is 18.3 Å². The third-order valence-electron chi connectivity index (χ3n) is 4.15. The second-order valence-corrected chi connectivity index (χ2v) is 9.19. The number of sulfonamides is 1. The van der Waals surface area contributed by atoms with E-state index in [1.54, 1.807) is 6.07 Å². The van der Waals surface area contributed by atoms with Gasteiger partial charge in [0.1, 0.15) is 12.3 Å². The Bertz CT molecular complexity index is 1230. The molecule has 0 aliphatic rings. The second kappa shape index (κ2) is 8.91. The van der Waals surface area contributed by atoms with Gasteiger partial charge in [-0.15, -0.1) is 0 Å². The van der Waals surface area contributed by atoms with Crippen molar-refractivity contribution in [2.24, 2.45) is 5.10 Å². The SMILES string of the molecule is CS(=O)(=O)N(CC(=O)N/N=C\c1c(O)ccc2ccccc12)c1cc(Cl)cc(Cl)c1. The summed E-state index contributed by atoms with van der Waals surface area (Å²) >= 11 is 11.9. The van der Waals surface area contributed by atoms with Gasteiger partial charge in [0.15, 0.2) is 0 Å². The number of hydrogen-bond acceptors (Lipinski definition) is 5. The summed E-state index contributed by atoms with van der Waals surface area (Å²) < 4.78 is 25.2. The molecule has 0 saturated carbocycles. The Labute approximate surface area is 183 Å². The molecule has 0 atom stereocenters. The number of anilines is 1. The minimum atomic E-state index is -3.80. The van der Waals surface area contributed by atoms with Crippen molar-refractivity contribution in [1.82, 2.24) is 5.43 Å². The van der Waals surface area contributed by atoms with Crippen LogP contribution in [-0.2, 0) is 14.8 Å². The van der Waals surface area contributed by atoms with Crippen LogP contribution < -0.4 is 9.73 Å². The summed E-state index contributed by atoms with van der Waals surface area (Å²) in [4.78, 5) is 12.3. The van der Waals surface area contributed by atoms with Gasteiger partial charge in [0.2, 0.25) is 10.0 Å². The number of carbonyl (C=O) groups excluding carboxylic acids is 1. The molecule has 3 aromatic carbocycles. The minimum absolute atomic E-state index is 0.00182. The van der Waals surface area contributed by atoms with E-state index in [4.69, 9.17) is 23.2 Å².